The van der Waals surface area contributed by atoms with Gasteiger partial charge in [0.25, 0.3) is 5.91 Å². The van der Waals surface area contributed by atoms with Gasteiger partial charge in [0.15, 0.2) is 0 Å². The zero-order valence-electron chi connectivity index (χ0n) is 15.7. The van der Waals surface area contributed by atoms with Gasteiger partial charge in [0, 0.05) is 36.7 Å². The standard InChI is InChI=1S/C19H25N5O3/c1-3-23(19(26)17-12-14(2)21-22-17)13-18(25)20-15-4-6-16(7-5-15)24-8-10-27-11-9-24/h4-7,12H,3,8-11,13H2,1-2H3,(H,20,25)(H,21,22). The van der Waals surface area contributed by atoms with E-state index in [1.54, 1.807) is 6.07 Å². The number of benzene rings is 1. The number of ether oxygens (including phenoxy) is 1. The number of nitrogens with one attached hydrogen (secondary N) is 2. The molecule has 1 aromatic carbocycles. The average Bonchev–Trinajstić information content (AvgIpc) is 3.13. The average molecular weight is 371 g/mol. The first kappa shape index (κ1) is 18.9. The Bertz CT molecular complexity index is 781. The third-order valence-electron chi connectivity index (χ3n) is 4.46. The van der Waals surface area contributed by atoms with Crippen LogP contribution in [0.25, 0.3) is 0 Å². The molecule has 1 fully saturated rings. The van der Waals surface area contributed by atoms with Crippen molar-refractivity contribution in [2.45, 2.75) is 13.8 Å². The number of anilines is 2. The molecule has 144 valence electrons. The number of aromatic amines is 1. The smallest absolute Gasteiger partial charge is 0.274 e. The van der Waals surface area contributed by atoms with E-state index in [1.807, 2.05) is 38.1 Å². The molecule has 2 N–H and O–H groups in total. The molecule has 1 saturated heterocycles. The van der Waals surface area contributed by atoms with Gasteiger partial charge >= 0.3 is 0 Å². The summed E-state index contributed by atoms with van der Waals surface area (Å²) in [6, 6.07) is 9.38. The van der Waals surface area contributed by atoms with Gasteiger partial charge < -0.3 is 19.9 Å². The second-order valence-electron chi connectivity index (χ2n) is 6.45. The van der Waals surface area contributed by atoms with Gasteiger partial charge in [0.2, 0.25) is 5.91 Å². The number of aromatic nitrogens is 2. The predicted octanol–water partition coefficient (Wildman–Crippen LogP) is 1.66. The van der Waals surface area contributed by atoms with Gasteiger partial charge in [-0.3, -0.25) is 14.7 Å². The minimum Gasteiger partial charge on any atom is -0.378 e. The number of carbonyl (C=O) groups is 2. The molecular formula is C19H25N5O3. The van der Waals surface area contributed by atoms with E-state index < -0.39 is 0 Å². The minimum absolute atomic E-state index is 0.0214. The number of rotatable bonds is 6. The Morgan fingerprint density at radius 3 is 2.56 bits per heavy atom. The van der Waals surface area contributed by atoms with Crippen molar-refractivity contribution in [1.29, 1.82) is 0 Å². The first-order valence-electron chi connectivity index (χ1n) is 9.10. The summed E-state index contributed by atoms with van der Waals surface area (Å²) >= 11 is 0. The molecule has 0 spiro atoms. The van der Waals surface area contributed by atoms with Crippen molar-refractivity contribution in [3.05, 3.63) is 41.7 Å². The molecule has 0 radical (unpaired) electrons. The van der Waals surface area contributed by atoms with Crippen LogP contribution in [0, 0.1) is 6.92 Å². The van der Waals surface area contributed by atoms with Crippen molar-refractivity contribution >= 4 is 23.2 Å². The maximum atomic E-state index is 12.4. The van der Waals surface area contributed by atoms with Gasteiger partial charge in [0.1, 0.15) is 12.2 Å². The lowest BCUT2D eigenvalue weighted by Gasteiger charge is -2.29. The Labute approximate surface area is 158 Å². The minimum atomic E-state index is -0.264. The number of hydrogen-bond acceptors (Lipinski definition) is 5. The van der Waals surface area contributed by atoms with E-state index in [-0.39, 0.29) is 18.4 Å². The summed E-state index contributed by atoms with van der Waals surface area (Å²) < 4.78 is 5.36. The number of aryl methyl sites for hydroxylation is 1. The molecule has 2 aromatic rings. The van der Waals surface area contributed by atoms with Crippen LogP contribution in [-0.4, -0.2) is 66.3 Å². The van der Waals surface area contributed by atoms with E-state index in [4.69, 9.17) is 4.74 Å². The third kappa shape index (κ3) is 4.85. The SMILES string of the molecule is CCN(CC(=O)Nc1ccc(N2CCOCC2)cc1)C(=O)c1cc(C)[nH]n1. The topological polar surface area (TPSA) is 90.6 Å². The molecule has 2 heterocycles. The number of likely N-dealkylation sites (N-methyl/N-ethyl adjacent to an activating group) is 1. The summed E-state index contributed by atoms with van der Waals surface area (Å²) in [5.41, 5.74) is 2.93. The summed E-state index contributed by atoms with van der Waals surface area (Å²) in [7, 11) is 0. The molecule has 0 atom stereocenters. The fourth-order valence-electron chi connectivity index (χ4n) is 2.97. The Hall–Kier alpha value is -2.87. The summed E-state index contributed by atoms with van der Waals surface area (Å²) in [4.78, 5) is 28.5. The molecule has 0 saturated carbocycles. The molecule has 0 unspecified atom stereocenters. The zero-order valence-corrected chi connectivity index (χ0v) is 15.7. The number of H-pyrrole nitrogens is 1. The van der Waals surface area contributed by atoms with E-state index >= 15 is 0 Å². The van der Waals surface area contributed by atoms with Crippen LogP contribution in [0.15, 0.2) is 30.3 Å². The van der Waals surface area contributed by atoms with Gasteiger partial charge in [-0.2, -0.15) is 5.10 Å². The predicted molar refractivity (Wildman–Crippen MR) is 103 cm³/mol. The Morgan fingerprint density at radius 2 is 1.96 bits per heavy atom. The fraction of sp³-hybridized carbons (Fsp3) is 0.421. The molecule has 1 aliphatic heterocycles. The van der Waals surface area contributed by atoms with Crippen molar-refractivity contribution in [3.8, 4) is 0 Å². The normalized spacial score (nSPS) is 14.1. The van der Waals surface area contributed by atoms with Gasteiger partial charge in [-0.1, -0.05) is 0 Å². The highest BCUT2D eigenvalue weighted by molar-refractivity contribution is 5.98. The molecule has 1 aliphatic rings. The van der Waals surface area contributed by atoms with Crippen molar-refractivity contribution in [2.75, 3.05) is 49.6 Å². The second kappa shape index (κ2) is 8.68. The summed E-state index contributed by atoms with van der Waals surface area (Å²) in [5, 5.41) is 9.56. The molecule has 1 aromatic heterocycles. The number of carbonyl (C=O) groups excluding carboxylic acids is 2. The van der Waals surface area contributed by atoms with Crippen LogP contribution in [0.4, 0.5) is 11.4 Å². The van der Waals surface area contributed by atoms with Gasteiger partial charge in [-0.05, 0) is 44.2 Å². The molecule has 27 heavy (non-hydrogen) atoms. The van der Waals surface area contributed by atoms with Crippen LogP contribution in [0.3, 0.4) is 0 Å². The Morgan fingerprint density at radius 1 is 1.26 bits per heavy atom. The number of hydrogen-bond donors (Lipinski definition) is 2. The van der Waals surface area contributed by atoms with E-state index in [2.05, 4.69) is 20.4 Å². The first-order chi connectivity index (χ1) is 13.1. The molecule has 2 amide bonds. The summed E-state index contributed by atoms with van der Waals surface area (Å²) in [6.45, 7) is 7.26. The largest absolute Gasteiger partial charge is 0.378 e. The highest BCUT2D eigenvalue weighted by Crippen LogP contribution is 2.19. The Balaban J connectivity index is 1.56. The number of nitrogens with zero attached hydrogens (tertiary/aromatic N) is 3. The van der Waals surface area contributed by atoms with Crippen molar-refractivity contribution in [2.24, 2.45) is 0 Å². The maximum absolute atomic E-state index is 12.4. The second-order valence-corrected chi connectivity index (χ2v) is 6.45. The van der Waals surface area contributed by atoms with E-state index in [9.17, 15) is 9.59 Å². The van der Waals surface area contributed by atoms with Crippen LogP contribution in [0.5, 0.6) is 0 Å². The molecule has 8 heteroatoms. The van der Waals surface area contributed by atoms with Crippen LogP contribution < -0.4 is 10.2 Å². The zero-order chi connectivity index (χ0) is 19.2. The lowest BCUT2D eigenvalue weighted by atomic mass is 10.2. The fourth-order valence-corrected chi connectivity index (χ4v) is 2.97. The van der Waals surface area contributed by atoms with E-state index in [1.165, 1.54) is 4.90 Å². The number of amides is 2. The van der Waals surface area contributed by atoms with Crippen LogP contribution in [-0.2, 0) is 9.53 Å². The molecule has 0 aliphatic carbocycles. The molecule has 0 bridgehead atoms. The van der Waals surface area contributed by atoms with Crippen molar-refractivity contribution in [3.63, 3.8) is 0 Å². The van der Waals surface area contributed by atoms with Gasteiger partial charge in [-0.25, -0.2) is 0 Å². The monoisotopic (exact) mass is 371 g/mol. The highest BCUT2D eigenvalue weighted by Gasteiger charge is 2.19. The first-order valence-corrected chi connectivity index (χ1v) is 9.10. The molecular weight excluding hydrogens is 346 g/mol. The van der Waals surface area contributed by atoms with Gasteiger partial charge in [0.05, 0.1) is 13.2 Å². The van der Waals surface area contributed by atoms with Crippen LogP contribution in [0.2, 0.25) is 0 Å². The number of morpholine rings is 1. The lowest BCUT2D eigenvalue weighted by Crippen LogP contribution is -2.38. The van der Waals surface area contributed by atoms with Crippen LogP contribution in [0.1, 0.15) is 23.1 Å². The molecule has 8 nitrogen and oxygen atoms in total. The van der Waals surface area contributed by atoms with E-state index in [0.717, 1.165) is 37.7 Å². The van der Waals surface area contributed by atoms with Crippen molar-refractivity contribution < 1.29 is 14.3 Å². The van der Waals surface area contributed by atoms with Gasteiger partial charge in [-0.15, -0.1) is 0 Å². The lowest BCUT2D eigenvalue weighted by molar-refractivity contribution is -0.116. The maximum Gasteiger partial charge on any atom is 0.274 e. The van der Waals surface area contributed by atoms with Crippen molar-refractivity contribution in [1.82, 2.24) is 15.1 Å². The summed E-state index contributed by atoms with van der Waals surface area (Å²) in [5.74, 6) is -0.503. The Kier molecular flexibility index (Phi) is 6.08. The summed E-state index contributed by atoms with van der Waals surface area (Å²) in [6.07, 6.45) is 0. The molecule has 3 rings (SSSR count). The highest BCUT2D eigenvalue weighted by atomic mass is 16.5. The third-order valence-corrected chi connectivity index (χ3v) is 4.46. The quantitative estimate of drug-likeness (QED) is 0.806. The van der Waals surface area contributed by atoms with Crippen LogP contribution >= 0.6 is 0 Å². The van der Waals surface area contributed by atoms with E-state index in [0.29, 0.717) is 17.9 Å².